The van der Waals surface area contributed by atoms with E-state index >= 15 is 0 Å². The highest BCUT2D eigenvalue weighted by atomic mass is 32.2. The summed E-state index contributed by atoms with van der Waals surface area (Å²) in [7, 11) is 0. The van der Waals surface area contributed by atoms with Crippen molar-refractivity contribution < 1.29 is 9.47 Å². The summed E-state index contributed by atoms with van der Waals surface area (Å²) >= 11 is 2.27. The molecule has 4 fully saturated rings. The van der Waals surface area contributed by atoms with Crippen LogP contribution < -0.4 is 0 Å². The van der Waals surface area contributed by atoms with Crippen molar-refractivity contribution in [3.8, 4) is 0 Å². The lowest BCUT2D eigenvalue weighted by molar-refractivity contribution is 0.0983. The molecule has 6 aliphatic heterocycles. The monoisotopic (exact) mass is 376 g/mol. The van der Waals surface area contributed by atoms with Gasteiger partial charge in [0.2, 0.25) is 0 Å². The Bertz CT molecular complexity index is 889. The first kappa shape index (κ1) is 13.7. The Labute approximate surface area is 163 Å². The van der Waals surface area contributed by atoms with E-state index in [0.29, 0.717) is 34.9 Å². The zero-order valence-corrected chi connectivity index (χ0v) is 16.2. The highest BCUT2D eigenvalue weighted by Gasteiger charge is 2.71. The van der Waals surface area contributed by atoms with Crippen LogP contribution in [0.15, 0.2) is 33.4 Å². The molecule has 0 spiro atoms. The van der Waals surface area contributed by atoms with E-state index in [2.05, 4.69) is 11.8 Å². The Hall–Kier alpha value is -0.510. The standard InChI is InChI=1S/C24H24O2S/c1-2-8-5-7(1)13-9-6-10(14(8)13)16-15(9)21-19-20(22(16)26-21)24-18-12-4-3-11(25-12)17(18)23(19)27-24/h7-14,21-24H,1-6H2. The quantitative estimate of drug-likeness (QED) is 0.470. The lowest BCUT2D eigenvalue weighted by Crippen LogP contribution is -2.36. The number of hydrogen-bond acceptors (Lipinski definition) is 3. The minimum absolute atomic E-state index is 0.394. The minimum Gasteiger partial charge on any atom is -0.366 e. The lowest BCUT2D eigenvalue weighted by atomic mass is 9.64. The van der Waals surface area contributed by atoms with Crippen molar-refractivity contribution in [2.75, 3.05) is 0 Å². The van der Waals surface area contributed by atoms with Gasteiger partial charge in [0.05, 0.1) is 22.7 Å². The molecule has 0 N–H and O–H groups in total. The topological polar surface area (TPSA) is 18.5 Å². The molecule has 12 atom stereocenters. The summed E-state index contributed by atoms with van der Waals surface area (Å²) in [6, 6.07) is 0. The van der Waals surface area contributed by atoms with Crippen molar-refractivity contribution in [2.45, 2.75) is 73.4 Å². The summed E-state index contributed by atoms with van der Waals surface area (Å²) in [4.78, 5) is 0. The Morgan fingerprint density at radius 2 is 1.19 bits per heavy atom. The van der Waals surface area contributed by atoms with Crippen LogP contribution >= 0.6 is 11.8 Å². The van der Waals surface area contributed by atoms with E-state index < -0.39 is 0 Å². The van der Waals surface area contributed by atoms with Gasteiger partial charge in [0.25, 0.3) is 0 Å². The summed E-state index contributed by atoms with van der Waals surface area (Å²) in [5.74, 6) is 6.04. The first-order valence-electron chi connectivity index (χ1n) is 11.6. The molecule has 0 aromatic rings. The van der Waals surface area contributed by atoms with Crippen molar-refractivity contribution >= 4 is 11.8 Å². The fraction of sp³-hybridized carbons (Fsp3) is 0.750. The average molecular weight is 377 g/mol. The van der Waals surface area contributed by atoms with E-state index in [1.165, 1.54) is 32.1 Å². The van der Waals surface area contributed by atoms with Gasteiger partial charge in [-0.25, -0.2) is 0 Å². The van der Waals surface area contributed by atoms with Crippen molar-refractivity contribution in [1.29, 1.82) is 0 Å². The molecule has 6 heterocycles. The van der Waals surface area contributed by atoms with E-state index in [4.69, 9.17) is 9.47 Å². The molecule has 0 amide bonds. The zero-order chi connectivity index (χ0) is 16.8. The third-order valence-corrected chi connectivity index (χ3v) is 12.4. The average Bonchev–Trinajstić information content (AvgIpc) is 3.52. The smallest absolute Gasteiger partial charge is 0.103 e. The van der Waals surface area contributed by atoms with Crippen molar-refractivity contribution in [3.05, 3.63) is 33.4 Å². The number of fused-ring (bicyclic) bond motifs is 27. The van der Waals surface area contributed by atoms with E-state index in [-0.39, 0.29) is 0 Å². The predicted molar refractivity (Wildman–Crippen MR) is 102 cm³/mol. The second-order valence-corrected chi connectivity index (χ2v) is 12.4. The zero-order valence-electron chi connectivity index (χ0n) is 15.4. The summed E-state index contributed by atoms with van der Waals surface area (Å²) in [6.07, 6.45) is 10.4. The van der Waals surface area contributed by atoms with Gasteiger partial charge in [-0.3, -0.25) is 0 Å². The van der Waals surface area contributed by atoms with Crippen LogP contribution in [-0.2, 0) is 9.47 Å². The summed E-state index contributed by atoms with van der Waals surface area (Å²) in [5, 5.41) is 1.27. The van der Waals surface area contributed by atoms with Gasteiger partial charge in [-0.2, -0.15) is 0 Å². The van der Waals surface area contributed by atoms with Crippen LogP contribution in [0.25, 0.3) is 0 Å². The summed E-state index contributed by atoms with van der Waals surface area (Å²) < 4.78 is 13.2. The first-order chi connectivity index (χ1) is 13.4. The molecule has 0 aromatic heterocycles. The second kappa shape index (κ2) is 3.91. The molecule has 12 unspecified atom stereocenters. The van der Waals surface area contributed by atoms with E-state index in [1.807, 2.05) is 11.1 Å². The van der Waals surface area contributed by atoms with Gasteiger partial charge in [0.1, 0.15) is 12.2 Å². The molecular weight excluding hydrogens is 352 g/mol. The summed E-state index contributed by atoms with van der Waals surface area (Å²) in [5.41, 5.74) is 10.6. The number of thioether (sulfide) groups is 1. The van der Waals surface area contributed by atoms with Crippen molar-refractivity contribution in [1.82, 2.24) is 0 Å². The van der Waals surface area contributed by atoms with Gasteiger partial charge in [0, 0.05) is 0 Å². The number of rotatable bonds is 0. The molecule has 0 aromatic carbocycles. The highest BCUT2D eigenvalue weighted by molar-refractivity contribution is 8.02. The molecular formula is C24H24O2S. The maximum Gasteiger partial charge on any atom is 0.103 e. The van der Waals surface area contributed by atoms with Gasteiger partial charge in [-0.15, -0.1) is 11.8 Å². The largest absolute Gasteiger partial charge is 0.366 e. The number of hydrogen-bond donors (Lipinski definition) is 0. The molecule has 10 rings (SSSR count). The molecule has 138 valence electrons. The normalized spacial score (nSPS) is 64.0. The van der Waals surface area contributed by atoms with Crippen LogP contribution in [0.3, 0.4) is 0 Å². The third-order valence-electron chi connectivity index (χ3n) is 10.8. The molecule has 1 saturated heterocycles. The summed E-state index contributed by atoms with van der Waals surface area (Å²) in [6.45, 7) is 0. The Balaban J connectivity index is 1.12. The molecule has 0 radical (unpaired) electrons. The van der Waals surface area contributed by atoms with Crippen molar-refractivity contribution in [3.63, 3.8) is 0 Å². The molecule has 3 saturated carbocycles. The molecule has 3 heteroatoms. The van der Waals surface area contributed by atoms with Crippen LogP contribution in [0.1, 0.15) is 38.5 Å². The SMILES string of the molecule is C1CC2OC1C1=C2C2SC1C1=C2C2OC1C1=C2C2CC1C1C3CCC(C3)C21. The maximum atomic E-state index is 6.85. The highest BCUT2D eigenvalue weighted by Crippen LogP contribution is 2.75. The minimum atomic E-state index is 0.394. The van der Waals surface area contributed by atoms with Gasteiger partial charge in [-0.05, 0) is 107 Å². The molecule has 27 heavy (non-hydrogen) atoms. The van der Waals surface area contributed by atoms with Crippen molar-refractivity contribution in [2.24, 2.45) is 35.5 Å². The number of ether oxygens (including phenoxy) is 2. The van der Waals surface area contributed by atoms with Gasteiger partial charge in [-0.1, -0.05) is 0 Å². The lowest BCUT2D eigenvalue weighted by Gasteiger charge is -2.39. The molecule has 10 aliphatic rings. The Kier molecular flexibility index (Phi) is 1.98. The molecule has 10 bridgehead atoms. The van der Waals surface area contributed by atoms with E-state index in [9.17, 15) is 0 Å². The van der Waals surface area contributed by atoms with E-state index in [0.717, 1.165) is 35.5 Å². The third kappa shape index (κ3) is 1.17. The fourth-order valence-corrected chi connectivity index (χ4v) is 12.4. The van der Waals surface area contributed by atoms with Crippen LogP contribution in [0.2, 0.25) is 0 Å². The Morgan fingerprint density at radius 1 is 0.593 bits per heavy atom. The molecule has 4 aliphatic carbocycles. The second-order valence-electron chi connectivity index (χ2n) is 11.2. The maximum absolute atomic E-state index is 6.85. The predicted octanol–water partition coefficient (Wildman–Crippen LogP) is 4.03. The van der Waals surface area contributed by atoms with Gasteiger partial charge < -0.3 is 9.47 Å². The van der Waals surface area contributed by atoms with Crippen LogP contribution in [-0.4, -0.2) is 34.9 Å². The van der Waals surface area contributed by atoms with Crippen LogP contribution in [0, 0.1) is 35.5 Å². The van der Waals surface area contributed by atoms with Gasteiger partial charge in [0.15, 0.2) is 0 Å². The fourth-order valence-electron chi connectivity index (χ4n) is 10.5. The van der Waals surface area contributed by atoms with Crippen LogP contribution in [0.5, 0.6) is 0 Å². The van der Waals surface area contributed by atoms with Gasteiger partial charge >= 0.3 is 0 Å². The van der Waals surface area contributed by atoms with Crippen LogP contribution in [0.4, 0.5) is 0 Å². The van der Waals surface area contributed by atoms with E-state index in [1.54, 1.807) is 28.7 Å². The molecule has 2 nitrogen and oxygen atoms in total. The Morgan fingerprint density at radius 3 is 1.78 bits per heavy atom. The first-order valence-corrected chi connectivity index (χ1v) is 12.5.